The molecule has 2 atom stereocenters. The van der Waals surface area contributed by atoms with E-state index in [1.807, 2.05) is 6.26 Å². The predicted octanol–water partition coefficient (Wildman–Crippen LogP) is 3.12. The molecule has 0 saturated heterocycles. The van der Waals surface area contributed by atoms with Gasteiger partial charge in [0, 0.05) is 6.42 Å². The summed E-state index contributed by atoms with van der Waals surface area (Å²) in [6.45, 7) is 4.52. The molecule has 0 saturated carbocycles. The molecule has 0 spiro atoms. The number of ether oxygens (including phenoxy) is 1. The molecule has 1 rings (SSSR count). The molecule has 0 bridgehead atoms. The van der Waals surface area contributed by atoms with Gasteiger partial charge in [0.05, 0.1) is 6.26 Å². The molecule has 0 aromatic carbocycles. The van der Waals surface area contributed by atoms with Gasteiger partial charge in [0.15, 0.2) is 0 Å². The third-order valence-electron chi connectivity index (χ3n) is 2.37. The molecule has 1 nitrogen and oxygen atoms in total. The maximum atomic E-state index is 5.43. The lowest BCUT2D eigenvalue weighted by Crippen LogP contribution is -2.16. The zero-order valence-corrected chi connectivity index (χ0v) is 7.55. The molecule has 2 unspecified atom stereocenters. The molecule has 0 radical (unpaired) electrons. The van der Waals surface area contributed by atoms with Crippen LogP contribution in [0.2, 0.25) is 0 Å². The minimum Gasteiger partial charge on any atom is -0.498 e. The number of rotatable bonds is 4. The molecule has 0 fully saturated rings. The molecule has 1 heteroatoms. The lowest BCUT2D eigenvalue weighted by atomic mass is 9.97. The van der Waals surface area contributed by atoms with E-state index in [0.717, 1.165) is 12.3 Å². The van der Waals surface area contributed by atoms with Crippen molar-refractivity contribution in [1.82, 2.24) is 0 Å². The molecule has 0 amide bonds. The maximum absolute atomic E-state index is 5.43. The van der Waals surface area contributed by atoms with Crippen molar-refractivity contribution in [3.8, 4) is 0 Å². The van der Waals surface area contributed by atoms with Crippen molar-refractivity contribution in [2.75, 3.05) is 0 Å². The first-order chi connectivity index (χ1) is 5.34. The summed E-state index contributed by atoms with van der Waals surface area (Å²) in [7, 11) is 0. The van der Waals surface area contributed by atoms with E-state index in [2.05, 4.69) is 19.9 Å². The van der Waals surface area contributed by atoms with E-state index >= 15 is 0 Å². The Morgan fingerprint density at radius 3 is 3.00 bits per heavy atom. The van der Waals surface area contributed by atoms with Gasteiger partial charge >= 0.3 is 0 Å². The number of unbranched alkanes of at least 4 members (excludes halogenated alkanes) is 1. The number of hydrogen-bond donors (Lipinski definition) is 0. The highest BCUT2D eigenvalue weighted by Crippen LogP contribution is 2.22. The Bertz CT molecular complexity index is 121. The van der Waals surface area contributed by atoms with E-state index in [4.69, 9.17) is 4.74 Å². The van der Waals surface area contributed by atoms with E-state index in [1.54, 1.807) is 0 Å². The monoisotopic (exact) mass is 154 g/mol. The Labute approximate surface area is 69.4 Å². The van der Waals surface area contributed by atoms with E-state index in [0.29, 0.717) is 6.10 Å². The van der Waals surface area contributed by atoms with Crippen LogP contribution in [0.5, 0.6) is 0 Å². The second-order valence-electron chi connectivity index (χ2n) is 3.40. The molecular weight excluding hydrogens is 136 g/mol. The van der Waals surface area contributed by atoms with Gasteiger partial charge in [-0.05, 0) is 18.4 Å². The second-order valence-corrected chi connectivity index (χ2v) is 3.40. The van der Waals surface area contributed by atoms with Gasteiger partial charge in [-0.25, -0.2) is 0 Å². The smallest absolute Gasteiger partial charge is 0.104 e. The summed E-state index contributed by atoms with van der Waals surface area (Å²) in [6.07, 6.45) is 9.49. The van der Waals surface area contributed by atoms with Crippen LogP contribution in [0.1, 0.15) is 39.5 Å². The van der Waals surface area contributed by atoms with Crippen molar-refractivity contribution in [1.29, 1.82) is 0 Å². The number of hydrogen-bond acceptors (Lipinski definition) is 1. The van der Waals surface area contributed by atoms with Crippen molar-refractivity contribution in [2.45, 2.75) is 45.6 Å². The molecular formula is C10H18O. The molecule has 64 valence electrons. The summed E-state index contributed by atoms with van der Waals surface area (Å²) in [6, 6.07) is 0. The minimum atomic E-state index is 0.474. The lowest BCUT2D eigenvalue weighted by molar-refractivity contribution is 0.111. The first-order valence-electron chi connectivity index (χ1n) is 4.65. The first-order valence-corrected chi connectivity index (χ1v) is 4.65. The summed E-state index contributed by atoms with van der Waals surface area (Å²) in [5, 5.41) is 0. The maximum Gasteiger partial charge on any atom is 0.104 e. The Hall–Kier alpha value is -0.460. The van der Waals surface area contributed by atoms with Crippen molar-refractivity contribution in [3.63, 3.8) is 0 Å². The quantitative estimate of drug-likeness (QED) is 0.604. The van der Waals surface area contributed by atoms with Crippen LogP contribution in [0.4, 0.5) is 0 Å². The third-order valence-corrected chi connectivity index (χ3v) is 2.37. The fourth-order valence-electron chi connectivity index (χ4n) is 1.48. The third kappa shape index (κ3) is 2.57. The highest BCUT2D eigenvalue weighted by Gasteiger charge is 2.18. The minimum absolute atomic E-state index is 0.474. The van der Waals surface area contributed by atoms with Gasteiger partial charge in [-0.2, -0.15) is 0 Å². The van der Waals surface area contributed by atoms with E-state index in [9.17, 15) is 0 Å². The van der Waals surface area contributed by atoms with Crippen molar-refractivity contribution in [3.05, 3.63) is 12.3 Å². The Morgan fingerprint density at radius 2 is 2.45 bits per heavy atom. The normalized spacial score (nSPS) is 25.1. The zero-order chi connectivity index (χ0) is 8.10. The standard InChI is InChI=1S/C10H18O/c1-3-4-6-9(2)10-7-5-8-11-10/h5,8-10H,3-4,6-7H2,1-2H3. The van der Waals surface area contributed by atoms with Crippen LogP contribution in [0.3, 0.4) is 0 Å². The van der Waals surface area contributed by atoms with Crippen LogP contribution in [-0.4, -0.2) is 6.10 Å². The van der Waals surface area contributed by atoms with Crippen molar-refractivity contribution >= 4 is 0 Å². The average Bonchev–Trinajstić information content (AvgIpc) is 2.52. The van der Waals surface area contributed by atoms with Crippen LogP contribution >= 0.6 is 0 Å². The Balaban J connectivity index is 2.13. The molecule has 0 aliphatic carbocycles. The molecule has 0 aromatic heterocycles. The summed E-state index contributed by atoms with van der Waals surface area (Å²) in [5.74, 6) is 0.727. The first kappa shape index (κ1) is 8.63. The molecule has 1 heterocycles. The van der Waals surface area contributed by atoms with Gasteiger partial charge in [-0.3, -0.25) is 0 Å². The van der Waals surface area contributed by atoms with Crippen LogP contribution in [0.25, 0.3) is 0 Å². The Morgan fingerprint density at radius 1 is 1.64 bits per heavy atom. The van der Waals surface area contributed by atoms with E-state index in [-0.39, 0.29) is 0 Å². The summed E-state index contributed by atoms with van der Waals surface area (Å²) in [4.78, 5) is 0. The van der Waals surface area contributed by atoms with Crippen molar-refractivity contribution in [2.24, 2.45) is 5.92 Å². The molecule has 0 aromatic rings. The van der Waals surface area contributed by atoms with Crippen molar-refractivity contribution < 1.29 is 4.74 Å². The largest absolute Gasteiger partial charge is 0.498 e. The summed E-state index contributed by atoms with van der Waals surface area (Å²) in [5.41, 5.74) is 0. The average molecular weight is 154 g/mol. The lowest BCUT2D eigenvalue weighted by Gasteiger charge is -2.18. The fraction of sp³-hybridized carbons (Fsp3) is 0.800. The predicted molar refractivity (Wildman–Crippen MR) is 47.3 cm³/mol. The van der Waals surface area contributed by atoms with Crippen LogP contribution < -0.4 is 0 Å². The topological polar surface area (TPSA) is 9.23 Å². The molecule has 0 N–H and O–H groups in total. The van der Waals surface area contributed by atoms with Gasteiger partial charge in [0.1, 0.15) is 6.10 Å². The van der Waals surface area contributed by atoms with E-state index < -0.39 is 0 Å². The summed E-state index contributed by atoms with van der Waals surface area (Å²) < 4.78 is 5.43. The fourth-order valence-corrected chi connectivity index (χ4v) is 1.48. The van der Waals surface area contributed by atoms with Gasteiger partial charge in [0.25, 0.3) is 0 Å². The van der Waals surface area contributed by atoms with Gasteiger partial charge < -0.3 is 4.74 Å². The summed E-state index contributed by atoms with van der Waals surface area (Å²) >= 11 is 0. The zero-order valence-electron chi connectivity index (χ0n) is 7.55. The molecule has 1 aliphatic heterocycles. The van der Waals surface area contributed by atoms with Crippen LogP contribution in [0, 0.1) is 5.92 Å². The SMILES string of the molecule is CCCCC(C)C1CC=CO1. The highest BCUT2D eigenvalue weighted by atomic mass is 16.5. The molecule has 11 heavy (non-hydrogen) atoms. The highest BCUT2D eigenvalue weighted by molar-refractivity contribution is 4.88. The second kappa shape index (κ2) is 4.42. The Kier molecular flexibility index (Phi) is 3.47. The van der Waals surface area contributed by atoms with Gasteiger partial charge in [-0.15, -0.1) is 0 Å². The van der Waals surface area contributed by atoms with Gasteiger partial charge in [0.2, 0.25) is 0 Å². The molecule has 1 aliphatic rings. The van der Waals surface area contributed by atoms with Gasteiger partial charge in [-0.1, -0.05) is 26.7 Å². The van der Waals surface area contributed by atoms with Crippen LogP contribution in [-0.2, 0) is 4.74 Å². The van der Waals surface area contributed by atoms with E-state index in [1.165, 1.54) is 19.3 Å². The van der Waals surface area contributed by atoms with Crippen LogP contribution in [0.15, 0.2) is 12.3 Å².